The Labute approximate surface area is 188 Å². The van der Waals surface area contributed by atoms with Crippen LogP contribution in [0.2, 0.25) is 0 Å². The first-order valence-corrected chi connectivity index (χ1v) is 10.1. The number of alkyl halides is 3. The maximum atomic E-state index is 13.4. The Balaban J connectivity index is 1.81. The number of para-hydroxylation sites is 1. The van der Waals surface area contributed by atoms with Crippen molar-refractivity contribution in [1.82, 2.24) is 15.1 Å². The van der Waals surface area contributed by atoms with E-state index in [1.54, 1.807) is 48.5 Å². The molecule has 172 valence electrons. The van der Waals surface area contributed by atoms with Crippen molar-refractivity contribution in [2.45, 2.75) is 32.1 Å². The number of nitriles is 1. The van der Waals surface area contributed by atoms with E-state index in [0.29, 0.717) is 21.6 Å². The van der Waals surface area contributed by atoms with Crippen LogP contribution in [0, 0.1) is 11.3 Å². The topological polar surface area (TPSA) is 106 Å². The van der Waals surface area contributed by atoms with Crippen molar-refractivity contribution in [1.29, 1.82) is 5.26 Å². The summed E-state index contributed by atoms with van der Waals surface area (Å²) in [5.74, 6) is -0.191. The number of nitrogens with zero attached hydrogens (tertiary/aromatic N) is 3. The van der Waals surface area contributed by atoms with Gasteiger partial charge in [-0.25, -0.2) is 4.68 Å². The highest BCUT2D eigenvalue weighted by atomic mass is 19.4. The monoisotopic (exact) mass is 457 g/mol. The normalized spacial score (nSPS) is 12.1. The summed E-state index contributed by atoms with van der Waals surface area (Å²) in [7, 11) is 1.48. The third-order valence-corrected chi connectivity index (χ3v) is 5.15. The van der Waals surface area contributed by atoms with Crippen molar-refractivity contribution >= 4 is 11.7 Å². The van der Waals surface area contributed by atoms with E-state index in [4.69, 9.17) is 10.5 Å². The molecule has 1 aromatic heterocycles. The Hall–Kier alpha value is -4.00. The first-order valence-electron chi connectivity index (χ1n) is 10.1. The van der Waals surface area contributed by atoms with E-state index in [1.807, 2.05) is 6.07 Å². The molecule has 1 atom stereocenters. The molecular weight excluding hydrogens is 435 g/mol. The van der Waals surface area contributed by atoms with Gasteiger partial charge in [0.2, 0.25) is 0 Å². The molecule has 0 aliphatic carbocycles. The number of carbonyl (C=O) groups excluding carboxylic acids is 1. The molecule has 2 aromatic carbocycles. The fraction of sp³-hybridized carbons (Fsp3) is 0.261. The summed E-state index contributed by atoms with van der Waals surface area (Å²) in [6, 6.07) is 13.4. The van der Waals surface area contributed by atoms with Crippen LogP contribution in [0.3, 0.4) is 0 Å². The van der Waals surface area contributed by atoms with Crippen LogP contribution >= 0.6 is 0 Å². The summed E-state index contributed by atoms with van der Waals surface area (Å²) < 4.78 is 45.9. The summed E-state index contributed by atoms with van der Waals surface area (Å²) in [5, 5.41) is 16.3. The third kappa shape index (κ3) is 4.92. The molecule has 0 spiro atoms. The number of aromatic nitrogens is 2. The van der Waals surface area contributed by atoms with E-state index in [2.05, 4.69) is 10.4 Å². The number of halogens is 3. The Morgan fingerprint density at radius 3 is 2.48 bits per heavy atom. The van der Waals surface area contributed by atoms with Gasteiger partial charge in [-0.2, -0.15) is 23.5 Å². The number of hydrogen-bond acceptors (Lipinski definition) is 5. The van der Waals surface area contributed by atoms with Crippen molar-refractivity contribution in [3.05, 3.63) is 65.2 Å². The maximum Gasteiger partial charge on any atom is 0.410 e. The predicted molar refractivity (Wildman–Crippen MR) is 116 cm³/mol. The van der Waals surface area contributed by atoms with Gasteiger partial charge < -0.3 is 15.8 Å². The molecule has 7 nitrogen and oxygen atoms in total. The number of nitrogens with one attached hydrogen (secondary N) is 1. The van der Waals surface area contributed by atoms with E-state index >= 15 is 0 Å². The third-order valence-electron chi connectivity index (χ3n) is 5.15. The number of amides is 1. The van der Waals surface area contributed by atoms with Gasteiger partial charge in [-0.15, -0.1) is 0 Å². The van der Waals surface area contributed by atoms with Crippen molar-refractivity contribution in [2.75, 3.05) is 12.8 Å². The number of benzene rings is 2. The van der Waals surface area contributed by atoms with E-state index in [1.165, 1.54) is 14.0 Å². The van der Waals surface area contributed by atoms with Crippen LogP contribution < -0.4 is 15.8 Å². The lowest BCUT2D eigenvalue weighted by molar-refractivity contribution is -0.170. The second kappa shape index (κ2) is 9.65. The van der Waals surface area contributed by atoms with Gasteiger partial charge in [-0.05, 0) is 24.1 Å². The first kappa shape index (κ1) is 23.7. The Kier molecular flexibility index (Phi) is 6.92. The van der Waals surface area contributed by atoms with E-state index in [-0.39, 0.29) is 35.9 Å². The molecule has 0 aliphatic heterocycles. The largest absolute Gasteiger partial charge is 0.496 e. The molecule has 10 heteroatoms. The number of anilines is 1. The Morgan fingerprint density at radius 1 is 1.24 bits per heavy atom. The molecule has 0 saturated heterocycles. The van der Waals surface area contributed by atoms with Crippen molar-refractivity contribution in [3.63, 3.8) is 0 Å². The van der Waals surface area contributed by atoms with Gasteiger partial charge in [-0.1, -0.05) is 43.3 Å². The highest BCUT2D eigenvalue weighted by Gasteiger charge is 2.42. The quantitative estimate of drug-likeness (QED) is 0.545. The molecule has 0 fully saturated rings. The predicted octanol–water partition coefficient (Wildman–Crippen LogP) is 4.46. The van der Waals surface area contributed by atoms with Crippen LogP contribution in [0.25, 0.3) is 11.3 Å². The van der Waals surface area contributed by atoms with Crippen LogP contribution in [-0.2, 0) is 6.54 Å². The van der Waals surface area contributed by atoms with Gasteiger partial charge >= 0.3 is 6.18 Å². The average Bonchev–Trinajstić information content (AvgIpc) is 3.13. The first-order chi connectivity index (χ1) is 15.7. The van der Waals surface area contributed by atoms with Crippen LogP contribution in [0.15, 0.2) is 48.5 Å². The minimum absolute atomic E-state index is 0.0716. The molecule has 0 aliphatic rings. The molecule has 0 radical (unpaired) electrons. The van der Waals surface area contributed by atoms with Crippen LogP contribution in [-0.4, -0.2) is 29.0 Å². The number of carbonyl (C=O) groups is 1. The van der Waals surface area contributed by atoms with Crippen molar-refractivity contribution < 1.29 is 22.7 Å². The van der Waals surface area contributed by atoms with Crippen molar-refractivity contribution in [2.24, 2.45) is 0 Å². The minimum Gasteiger partial charge on any atom is -0.496 e. The van der Waals surface area contributed by atoms with E-state index in [0.717, 1.165) is 5.56 Å². The summed E-state index contributed by atoms with van der Waals surface area (Å²) >= 11 is 0. The minimum atomic E-state index is -4.55. The van der Waals surface area contributed by atoms with Gasteiger partial charge in [0, 0.05) is 12.1 Å². The van der Waals surface area contributed by atoms with Gasteiger partial charge in [0.1, 0.15) is 34.9 Å². The lowest BCUT2D eigenvalue weighted by Crippen LogP contribution is -2.27. The fourth-order valence-electron chi connectivity index (χ4n) is 3.43. The van der Waals surface area contributed by atoms with Crippen LogP contribution in [0.5, 0.6) is 5.75 Å². The number of hydrogen-bond donors (Lipinski definition) is 2. The second-order valence-electron chi connectivity index (χ2n) is 7.21. The number of methoxy groups -OCH3 is 1. The number of nitrogens with two attached hydrogens (primary N) is 1. The highest BCUT2D eigenvalue weighted by Crippen LogP contribution is 2.37. The molecule has 1 amide bonds. The molecular formula is C23H22F3N5O2. The fourth-order valence-corrected chi connectivity index (χ4v) is 3.43. The number of nitrogen functional groups attached to an aromatic ring is 1. The van der Waals surface area contributed by atoms with Crippen molar-refractivity contribution in [3.8, 4) is 23.1 Å². The number of ether oxygens (including phenoxy) is 1. The molecule has 0 bridgehead atoms. The van der Waals surface area contributed by atoms with E-state index in [9.17, 15) is 23.2 Å². The van der Waals surface area contributed by atoms with Crippen LogP contribution in [0.1, 0.15) is 40.9 Å². The lowest BCUT2D eigenvalue weighted by atomic mass is 10.1. The van der Waals surface area contributed by atoms with E-state index < -0.39 is 12.2 Å². The zero-order chi connectivity index (χ0) is 24.2. The lowest BCUT2D eigenvalue weighted by Gasteiger charge is -2.20. The molecule has 33 heavy (non-hydrogen) atoms. The Bertz CT molecular complexity index is 1180. The molecule has 3 N–H and O–H groups in total. The maximum absolute atomic E-state index is 13.4. The van der Waals surface area contributed by atoms with Crippen LogP contribution in [0.4, 0.5) is 19.0 Å². The molecule has 0 saturated carbocycles. The Morgan fingerprint density at radius 2 is 1.91 bits per heavy atom. The van der Waals surface area contributed by atoms with Gasteiger partial charge in [0.05, 0.1) is 12.7 Å². The molecule has 3 rings (SSSR count). The van der Waals surface area contributed by atoms with Gasteiger partial charge in [0.25, 0.3) is 5.91 Å². The standard InChI is InChI=1S/C23H22F3N5O2/c1-3-19(23(24,25)26)31-21(28)17(12-27)20(30-31)15-10-8-14(9-11-15)13-29-22(32)16-6-4-5-7-18(16)33-2/h4-11,19H,3,13,28H2,1-2H3,(H,29,32). The summed E-state index contributed by atoms with van der Waals surface area (Å²) in [5.41, 5.74) is 7.37. The highest BCUT2D eigenvalue weighted by molar-refractivity contribution is 5.96. The summed E-state index contributed by atoms with van der Waals surface area (Å²) in [6.07, 6.45) is -4.83. The zero-order valence-corrected chi connectivity index (χ0v) is 18.0. The zero-order valence-electron chi connectivity index (χ0n) is 18.0. The summed E-state index contributed by atoms with van der Waals surface area (Å²) in [4.78, 5) is 12.4. The van der Waals surface area contributed by atoms with Gasteiger partial charge in [0.15, 0.2) is 0 Å². The average molecular weight is 457 g/mol. The molecule has 1 heterocycles. The molecule has 3 aromatic rings. The SMILES string of the molecule is CCC(n1nc(-c2ccc(CNC(=O)c3ccccc3OC)cc2)c(C#N)c1N)C(F)(F)F. The number of rotatable bonds is 7. The summed E-state index contributed by atoms with van der Waals surface area (Å²) in [6.45, 7) is 1.59. The second-order valence-corrected chi connectivity index (χ2v) is 7.21. The molecule has 1 unspecified atom stereocenters. The van der Waals surface area contributed by atoms with Gasteiger partial charge in [-0.3, -0.25) is 4.79 Å². The smallest absolute Gasteiger partial charge is 0.410 e.